The van der Waals surface area contributed by atoms with Crippen molar-refractivity contribution < 1.29 is 18.8 Å². The second-order valence-corrected chi connectivity index (χ2v) is 6.55. The van der Waals surface area contributed by atoms with E-state index >= 15 is 0 Å². The minimum Gasteiger partial charge on any atom is -0.461 e. The highest BCUT2D eigenvalue weighted by Crippen LogP contribution is 2.16. The van der Waals surface area contributed by atoms with Crippen LogP contribution in [-0.2, 0) is 0 Å². The summed E-state index contributed by atoms with van der Waals surface area (Å²) in [6.07, 6.45) is 1.30. The van der Waals surface area contributed by atoms with Gasteiger partial charge in [-0.25, -0.2) is 0 Å². The third kappa shape index (κ3) is 4.42. The average molecular weight is 338 g/mol. The summed E-state index contributed by atoms with van der Waals surface area (Å²) in [6.45, 7) is 5.58. The van der Waals surface area contributed by atoms with Gasteiger partial charge in [0.1, 0.15) is 0 Å². The summed E-state index contributed by atoms with van der Waals surface area (Å²) >= 11 is 0. The Morgan fingerprint density at radius 2 is 1.64 bits per heavy atom. The molecular formula is C19H18N2O4. The van der Waals surface area contributed by atoms with Crippen molar-refractivity contribution in [2.45, 2.75) is 26.3 Å². The minimum absolute atomic E-state index is 0.0407. The van der Waals surface area contributed by atoms with Crippen LogP contribution in [0.1, 0.15) is 52.0 Å². The highest BCUT2D eigenvalue weighted by atomic mass is 16.3. The molecule has 1 amide bonds. The van der Waals surface area contributed by atoms with E-state index in [1.807, 2.05) is 20.8 Å². The largest absolute Gasteiger partial charge is 0.461 e. The molecule has 0 radical (unpaired) electrons. The van der Waals surface area contributed by atoms with Gasteiger partial charge in [0.15, 0.2) is 17.5 Å². The van der Waals surface area contributed by atoms with Gasteiger partial charge in [0.05, 0.1) is 12.3 Å². The van der Waals surface area contributed by atoms with E-state index in [4.69, 9.17) is 4.42 Å². The van der Waals surface area contributed by atoms with Crippen LogP contribution in [0.25, 0.3) is 0 Å². The molecule has 0 aliphatic rings. The molecule has 0 aliphatic carbocycles. The predicted octanol–water partition coefficient (Wildman–Crippen LogP) is 3.01. The molecule has 128 valence electrons. The number of amides is 1. The zero-order chi connectivity index (χ0) is 18.6. The van der Waals surface area contributed by atoms with Gasteiger partial charge >= 0.3 is 0 Å². The first-order valence-corrected chi connectivity index (χ1v) is 7.67. The third-order valence-electron chi connectivity index (χ3n) is 3.34. The van der Waals surface area contributed by atoms with Crippen molar-refractivity contribution in [1.29, 1.82) is 5.26 Å². The number of furan rings is 1. The van der Waals surface area contributed by atoms with Gasteiger partial charge in [-0.05, 0) is 45.0 Å². The zero-order valence-corrected chi connectivity index (χ0v) is 14.2. The number of nitrogens with zero attached hydrogens (tertiary/aromatic N) is 1. The van der Waals surface area contributed by atoms with Crippen LogP contribution in [0.5, 0.6) is 0 Å². The third-order valence-corrected chi connectivity index (χ3v) is 3.34. The molecule has 0 aliphatic heterocycles. The Morgan fingerprint density at radius 3 is 2.12 bits per heavy atom. The molecule has 0 fully saturated rings. The van der Waals surface area contributed by atoms with E-state index in [1.54, 1.807) is 6.07 Å². The average Bonchev–Trinajstić information content (AvgIpc) is 3.08. The number of hydrogen-bond donors (Lipinski definition) is 1. The van der Waals surface area contributed by atoms with Crippen molar-refractivity contribution in [3.63, 3.8) is 0 Å². The fourth-order valence-electron chi connectivity index (χ4n) is 2.16. The summed E-state index contributed by atoms with van der Waals surface area (Å²) in [7, 11) is 0. The van der Waals surface area contributed by atoms with E-state index in [1.165, 1.54) is 42.7 Å². The number of nitrogens with one attached hydrogen (secondary N) is 1. The Bertz CT molecular complexity index is 822. The van der Waals surface area contributed by atoms with Crippen molar-refractivity contribution in [1.82, 2.24) is 5.32 Å². The summed E-state index contributed by atoms with van der Waals surface area (Å²) in [5, 5.41) is 12.0. The van der Waals surface area contributed by atoms with E-state index in [9.17, 15) is 19.6 Å². The number of ketones is 2. The minimum atomic E-state index is -1.49. The number of nitriles is 1. The quantitative estimate of drug-likeness (QED) is 0.667. The Hall–Kier alpha value is -3.20. The summed E-state index contributed by atoms with van der Waals surface area (Å²) in [6, 6.07) is 10.5. The first kappa shape index (κ1) is 18.1. The number of rotatable bonds is 5. The highest BCUT2D eigenvalue weighted by Gasteiger charge is 2.30. The first-order chi connectivity index (χ1) is 11.7. The van der Waals surface area contributed by atoms with Gasteiger partial charge in [-0.2, -0.15) is 5.26 Å². The lowest BCUT2D eigenvalue weighted by atomic mass is 9.93. The molecule has 0 saturated carbocycles. The lowest BCUT2D eigenvalue weighted by Gasteiger charge is -2.20. The molecule has 1 N–H and O–H groups in total. The van der Waals surface area contributed by atoms with Gasteiger partial charge in [0.25, 0.3) is 5.91 Å². The second kappa shape index (κ2) is 7.14. The molecule has 0 bridgehead atoms. The molecule has 6 heteroatoms. The molecule has 1 aromatic carbocycles. The standard InChI is InChI=1S/C19H18N2O4/c1-19(2,3)21-18(24)13-8-6-12(7-9-13)16(22)14(11-20)17(23)15-5-4-10-25-15/h4-10,14H,1-3H3,(H,21,24)/t14-/m0/s1. The van der Waals surface area contributed by atoms with Gasteiger partial charge in [-0.15, -0.1) is 0 Å². The monoisotopic (exact) mass is 338 g/mol. The molecule has 2 rings (SSSR count). The number of hydrogen-bond acceptors (Lipinski definition) is 5. The topological polar surface area (TPSA) is 100 Å². The number of carbonyl (C=O) groups excluding carboxylic acids is 3. The Morgan fingerprint density at radius 1 is 1.04 bits per heavy atom. The molecule has 0 saturated heterocycles. The molecule has 1 aromatic heterocycles. The van der Waals surface area contributed by atoms with E-state index in [2.05, 4.69) is 5.32 Å². The Labute approximate surface area is 145 Å². The number of carbonyl (C=O) groups is 3. The molecule has 0 unspecified atom stereocenters. The summed E-state index contributed by atoms with van der Waals surface area (Å²) in [4.78, 5) is 36.7. The van der Waals surface area contributed by atoms with Crippen molar-refractivity contribution in [3.8, 4) is 6.07 Å². The lowest BCUT2D eigenvalue weighted by molar-refractivity contribution is 0.0827. The van der Waals surface area contributed by atoms with Crippen LogP contribution in [0.2, 0.25) is 0 Å². The maximum atomic E-state index is 12.4. The van der Waals surface area contributed by atoms with Crippen LogP contribution >= 0.6 is 0 Å². The van der Waals surface area contributed by atoms with Crippen LogP contribution in [0.4, 0.5) is 0 Å². The van der Waals surface area contributed by atoms with Crippen LogP contribution in [0, 0.1) is 17.2 Å². The van der Waals surface area contributed by atoms with Gasteiger partial charge in [-0.3, -0.25) is 14.4 Å². The van der Waals surface area contributed by atoms with Crippen molar-refractivity contribution in [2.75, 3.05) is 0 Å². The molecule has 0 spiro atoms. The van der Waals surface area contributed by atoms with Crippen molar-refractivity contribution in [3.05, 3.63) is 59.5 Å². The highest BCUT2D eigenvalue weighted by molar-refractivity contribution is 6.17. The SMILES string of the molecule is CC(C)(C)NC(=O)c1ccc(C(=O)[C@H](C#N)C(=O)c2ccco2)cc1. The van der Waals surface area contributed by atoms with Crippen LogP contribution in [-0.4, -0.2) is 23.0 Å². The molecule has 2 aromatic rings. The lowest BCUT2D eigenvalue weighted by Crippen LogP contribution is -2.40. The van der Waals surface area contributed by atoms with E-state index in [-0.39, 0.29) is 22.8 Å². The van der Waals surface area contributed by atoms with Crippen molar-refractivity contribution >= 4 is 17.5 Å². The van der Waals surface area contributed by atoms with Crippen LogP contribution in [0.3, 0.4) is 0 Å². The van der Waals surface area contributed by atoms with Crippen LogP contribution < -0.4 is 5.32 Å². The van der Waals surface area contributed by atoms with Gasteiger partial charge in [0, 0.05) is 16.7 Å². The van der Waals surface area contributed by atoms with Gasteiger partial charge in [-0.1, -0.05) is 12.1 Å². The van der Waals surface area contributed by atoms with E-state index < -0.39 is 17.5 Å². The Balaban J connectivity index is 2.18. The van der Waals surface area contributed by atoms with E-state index in [0.29, 0.717) is 5.56 Å². The number of benzene rings is 1. The fourth-order valence-corrected chi connectivity index (χ4v) is 2.16. The Kier molecular flexibility index (Phi) is 5.18. The summed E-state index contributed by atoms with van der Waals surface area (Å²) in [5.41, 5.74) is 0.184. The fraction of sp³-hybridized carbons (Fsp3) is 0.263. The maximum Gasteiger partial charge on any atom is 0.251 e. The normalized spacial score (nSPS) is 12.1. The first-order valence-electron chi connectivity index (χ1n) is 7.67. The smallest absolute Gasteiger partial charge is 0.251 e. The molecular weight excluding hydrogens is 320 g/mol. The summed E-state index contributed by atoms with van der Waals surface area (Å²) < 4.78 is 4.96. The van der Waals surface area contributed by atoms with Crippen molar-refractivity contribution in [2.24, 2.45) is 5.92 Å². The summed E-state index contributed by atoms with van der Waals surface area (Å²) in [5.74, 6) is -3.12. The second-order valence-electron chi connectivity index (χ2n) is 6.55. The predicted molar refractivity (Wildman–Crippen MR) is 90.1 cm³/mol. The van der Waals surface area contributed by atoms with Gasteiger partial charge < -0.3 is 9.73 Å². The van der Waals surface area contributed by atoms with Crippen LogP contribution in [0.15, 0.2) is 47.1 Å². The van der Waals surface area contributed by atoms with E-state index in [0.717, 1.165) is 0 Å². The molecule has 25 heavy (non-hydrogen) atoms. The zero-order valence-electron chi connectivity index (χ0n) is 14.2. The van der Waals surface area contributed by atoms with Gasteiger partial charge in [0.2, 0.25) is 5.78 Å². The molecule has 6 nitrogen and oxygen atoms in total. The molecule has 1 atom stereocenters. The number of Topliss-reactive ketones (excluding diaryl/α,β-unsaturated/α-hetero) is 2. The molecule has 1 heterocycles. The maximum absolute atomic E-state index is 12.4.